The van der Waals surface area contributed by atoms with Gasteiger partial charge in [0, 0.05) is 11.5 Å². The van der Waals surface area contributed by atoms with E-state index in [1.54, 1.807) is 87.0 Å². The highest BCUT2D eigenvalue weighted by molar-refractivity contribution is 6.16. The number of benzene rings is 3. The molecule has 0 saturated carbocycles. The summed E-state index contributed by atoms with van der Waals surface area (Å²) in [5.41, 5.74) is 1.96. The molecule has 0 aliphatic heterocycles. The van der Waals surface area contributed by atoms with Crippen LogP contribution in [0.1, 0.15) is 16.1 Å². The van der Waals surface area contributed by atoms with Crippen LogP contribution in [0.25, 0.3) is 17.0 Å². The standard InChI is InChI=1S/C27H24N2O6/c1-32-21-11-7-5-9-19(21)28-27(31)26-25(18-8-4-6-10-20(18)35-26)29-24(30)15-13-17-12-14-22(33-2)23(16-17)34-3/h4-16H,1-3H3,(H,28,31)(H,29,30)/b15-13-. The van der Waals surface area contributed by atoms with Gasteiger partial charge in [-0.2, -0.15) is 0 Å². The summed E-state index contributed by atoms with van der Waals surface area (Å²) in [5, 5.41) is 6.17. The third kappa shape index (κ3) is 5.11. The maximum Gasteiger partial charge on any atom is 0.293 e. The summed E-state index contributed by atoms with van der Waals surface area (Å²) in [7, 11) is 4.61. The zero-order chi connectivity index (χ0) is 24.8. The lowest BCUT2D eigenvalue weighted by atomic mass is 10.1. The molecule has 0 atom stereocenters. The van der Waals surface area contributed by atoms with Crippen LogP contribution in [0.3, 0.4) is 0 Å². The van der Waals surface area contributed by atoms with E-state index in [1.807, 2.05) is 0 Å². The Labute approximate surface area is 202 Å². The lowest BCUT2D eigenvalue weighted by Gasteiger charge is -2.10. The number of fused-ring (bicyclic) bond motifs is 1. The van der Waals surface area contributed by atoms with Gasteiger partial charge in [-0.1, -0.05) is 30.3 Å². The van der Waals surface area contributed by atoms with E-state index in [4.69, 9.17) is 18.6 Å². The molecule has 2 amide bonds. The molecule has 0 fully saturated rings. The molecule has 1 aromatic heterocycles. The normalized spacial score (nSPS) is 10.8. The van der Waals surface area contributed by atoms with E-state index in [0.29, 0.717) is 33.9 Å². The fourth-order valence-electron chi connectivity index (χ4n) is 3.55. The van der Waals surface area contributed by atoms with E-state index in [2.05, 4.69) is 10.6 Å². The monoisotopic (exact) mass is 472 g/mol. The number of amides is 2. The maximum atomic E-state index is 13.1. The number of rotatable bonds is 8. The molecule has 0 bridgehead atoms. The Bertz CT molecular complexity index is 1410. The molecule has 8 heteroatoms. The van der Waals surface area contributed by atoms with Crippen molar-refractivity contribution in [1.29, 1.82) is 0 Å². The Hall–Kier alpha value is -4.72. The molecule has 0 aliphatic carbocycles. The molecule has 0 spiro atoms. The molecule has 0 aliphatic rings. The highest BCUT2D eigenvalue weighted by atomic mass is 16.5. The van der Waals surface area contributed by atoms with Gasteiger partial charge in [-0.15, -0.1) is 0 Å². The summed E-state index contributed by atoms with van der Waals surface area (Å²) >= 11 is 0. The van der Waals surface area contributed by atoms with Crippen molar-refractivity contribution in [2.24, 2.45) is 0 Å². The molecular weight excluding hydrogens is 448 g/mol. The third-order valence-electron chi connectivity index (χ3n) is 5.24. The van der Waals surface area contributed by atoms with E-state index >= 15 is 0 Å². The van der Waals surface area contributed by atoms with Crippen LogP contribution in [0.2, 0.25) is 0 Å². The second-order valence-corrected chi connectivity index (χ2v) is 7.39. The first-order valence-corrected chi connectivity index (χ1v) is 10.7. The topological polar surface area (TPSA) is 99.0 Å². The van der Waals surface area contributed by atoms with Crippen molar-refractivity contribution in [1.82, 2.24) is 0 Å². The van der Waals surface area contributed by atoms with Crippen LogP contribution in [0.15, 0.2) is 77.2 Å². The molecule has 2 N–H and O–H groups in total. The van der Waals surface area contributed by atoms with E-state index in [-0.39, 0.29) is 11.4 Å². The van der Waals surface area contributed by atoms with Crippen molar-refractivity contribution in [2.45, 2.75) is 0 Å². The van der Waals surface area contributed by atoms with Gasteiger partial charge in [0.15, 0.2) is 11.5 Å². The minimum absolute atomic E-state index is 0.0232. The maximum absolute atomic E-state index is 13.1. The zero-order valence-corrected chi connectivity index (χ0v) is 19.5. The van der Waals surface area contributed by atoms with Crippen LogP contribution in [0.4, 0.5) is 11.4 Å². The SMILES string of the molecule is COc1ccccc1NC(=O)c1oc2ccccc2c1NC(=O)/C=C\c1ccc(OC)c(OC)c1. The van der Waals surface area contributed by atoms with Gasteiger partial charge in [-0.05, 0) is 48.0 Å². The molecule has 0 saturated heterocycles. The molecule has 0 unspecified atom stereocenters. The van der Waals surface area contributed by atoms with Gasteiger partial charge in [0.25, 0.3) is 5.91 Å². The number of carbonyl (C=O) groups is 2. The largest absolute Gasteiger partial charge is 0.495 e. The van der Waals surface area contributed by atoms with Crippen molar-refractivity contribution in [3.8, 4) is 17.2 Å². The summed E-state index contributed by atoms with van der Waals surface area (Å²) in [6.07, 6.45) is 3.00. The smallest absolute Gasteiger partial charge is 0.293 e. The second-order valence-electron chi connectivity index (χ2n) is 7.39. The number of anilines is 2. The average molecular weight is 472 g/mol. The Morgan fingerprint density at radius 1 is 0.800 bits per heavy atom. The zero-order valence-electron chi connectivity index (χ0n) is 19.5. The minimum atomic E-state index is -0.523. The van der Waals surface area contributed by atoms with Gasteiger partial charge < -0.3 is 29.3 Å². The first-order chi connectivity index (χ1) is 17.0. The fraction of sp³-hybridized carbons (Fsp3) is 0.111. The summed E-state index contributed by atoms with van der Waals surface area (Å²) in [4.78, 5) is 25.9. The van der Waals surface area contributed by atoms with Crippen molar-refractivity contribution >= 4 is 40.2 Å². The van der Waals surface area contributed by atoms with Crippen molar-refractivity contribution in [2.75, 3.05) is 32.0 Å². The van der Waals surface area contributed by atoms with Crippen LogP contribution in [-0.2, 0) is 4.79 Å². The Balaban J connectivity index is 1.60. The summed E-state index contributed by atoms with van der Waals surface area (Å²) in [6, 6.07) is 19.4. The van der Waals surface area contributed by atoms with Crippen LogP contribution >= 0.6 is 0 Å². The van der Waals surface area contributed by atoms with Crippen LogP contribution in [0.5, 0.6) is 17.2 Å². The van der Waals surface area contributed by atoms with Crippen LogP contribution < -0.4 is 24.8 Å². The minimum Gasteiger partial charge on any atom is -0.495 e. The van der Waals surface area contributed by atoms with Crippen molar-refractivity contribution in [3.63, 3.8) is 0 Å². The third-order valence-corrected chi connectivity index (χ3v) is 5.24. The predicted octanol–water partition coefficient (Wildman–Crippen LogP) is 5.36. The molecule has 3 aromatic carbocycles. The fourth-order valence-corrected chi connectivity index (χ4v) is 3.55. The number of methoxy groups -OCH3 is 3. The average Bonchev–Trinajstić information content (AvgIpc) is 3.26. The van der Waals surface area contributed by atoms with Crippen LogP contribution in [0, 0.1) is 0 Å². The van der Waals surface area contributed by atoms with Crippen molar-refractivity contribution in [3.05, 3.63) is 84.1 Å². The summed E-state index contributed by atoms with van der Waals surface area (Å²) in [5.74, 6) is 0.656. The van der Waals surface area contributed by atoms with Crippen LogP contribution in [-0.4, -0.2) is 33.1 Å². The Morgan fingerprint density at radius 3 is 2.29 bits per heavy atom. The number of nitrogens with one attached hydrogen (secondary N) is 2. The lowest BCUT2D eigenvalue weighted by molar-refractivity contribution is -0.111. The highest BCUT2D eigenvalue weighted by Gasteiger charge is 2.22. The predicted molar refractivity (Wildman–Crippen MR) is 134 cm³/mol. The van der Waals surface area contributed by atoms with Gasteiger partial charge >= 0.3 is 0 Å². The van der Waals surface area contributed by atoms with Gasteiger partial charge in [0.1, 0.15) is 17.0 Å². The number of hydrogen-bond donors (Lipinski definition) is 2. The number of ether oxygens (including phenoxy) is 3. The highest BCUT2D eigenvalue weighted by Crippen LogP contribution is 2.33. The molecule has 8 nitrogen and oxygen atoms in total. The molecular formula is C27H24N2O6. The summed E-state index contributed by atoms with van der Waals surface area (Å²) < 4.78 is 21.6. The second kappa shape index (κ2) is 10.5. The van der Waals surface area contributed by atoms with E-state index in [9.17, 15) is 9.59 Å². The molecule has 1 heterocycles. The molecule has 0 radical (unpaired) electrons. The first kappa shape index (κ1) is 23.4. The Kier molecular flexibility index (Phi) is 7.02. The van der Waals surface area contributed by atoms with Gasteiger partial charge in [-0.3, -0.25) is 9.59 Å². The molecule has 35 heavy (non-hydrogen) atoms. The van der Waals surface area contributed by atoms with Gasteiger partial charge in [0.05, 0.1) is 27.0 Å². The van der Waals surface area contributed by atoms with E-state index in [0.717, 1.165) is 5.56 Å². The number of furan rings is 1. The number of hydrogen-bond acceptors (Lipinski definition) is 6. The van der Waals surface area contributed by atoms with E-state index < -0.39 is 11.8 Å². The van der Waals surface area contributed by atoms with Gasteiger partial charge in [0.2, 0.25) is 11.7 Å². The van der Waals surface area contributed by atoms with Gasteiger partial charge in [-0.25, -0.2) is 0 Å². The number of para-hydroxylation sites is 3. The Morgan fingerprint density at radius 2 is 1.51 bits per heavy atom. The quantitative estimate of drug-likeness (QED) is 0.335. The lowest BCUT2D eigenvalue weighted by Crippen LogP contribution is -2.16. The van der Waals surface area contributed by atoms with Crippen molar-refractivity contribution < 1.29 is 28.2 Å². The molecule has 178 valence electrons. The molecule has 4 aromatic rings. The van der Waals surface area contributed by atoms with E-state index in [1.165, 1.54) is 13.2 Å². The molecule has 4 rings (SSSR count). The number of carbonyl (C=O) groups excluding carboxylic acids is 2. The first-order valence-electron chi connectivity index (χ1n) is 10.7. The summed E-state index contributed by atoms with van der Waals surface area (Å²) in [6.45, 7) is 0.